The lowest BCUT2D eigenvalue weighted by atomic mass is 9.81. The van der Waals surface area contributed by atoms with E-state index in [1.807, 2.05) is 65.8 Å². The standard InChI is InChI=1S/2C43H69NO12/c2*1-10-30-18-24(2)17-25(3)19-36(53-8)39-37(54-9)21-27(5)43(51,56-39)40(48)41(49)44-16-12-11-13-31(44)42(50)55-38(28(6)33(46)23-34(30)47)26(4)20-29-14-15-32(45)35(22-29)52-7/h2*18,20,25,27-33,35-39,45-46,51H,10-17,19,21-23H2,1-9H3/b2*24-18+,26-20+/t2*25-,27+,28+,29-,30+,31-,32+,33-,35+,36-,37-,38+,39+,43+/m00/s1. The number of hydrogen-bond donors (Lipinski definition) is 6. The smallest absolute Gasteiger partial charge is 0.329 e. The van der Waals surface area contributed by atoms with Gasteiger partial charge in [-0.05, 0) is 191 Å². The van der Waals surface area contributed by atoms with Gasteiger partial charge < -0.3 is 87.8 Å². The summed E-state index contributed by atoms with van der Waals surface area (Å²) in [5.41, 5.74) is 3.32. The van der Waals surface area contributed by atoms with Crippen LogP contribution >= 0.6 is 0 Å². The van der Waals surface area contributed by atoms with Crippen molar-refractivity contribution in [1.82, 2.24) is 9.80 Å². The molecule has 112 heavy (non-hydrogen) atoms. The van der Waals surface area contributed by atoms with Gasteiger partial charge in [-0.2, -0.15) is 0 Å². The van der Waals surface area contributed by atoms with Crippen molar-refractivity contribution in [1.29, 1.82) is 0 Å². The first kappa shape index (κ1) is 94.1. The highest BCUT2D eigenvalue weighted by molar-refractivity contribution is 6.39. The molecule has 0 aromatic carbocycles. The lowest BCUT2D eigenvalue weighted by molar-refractivity contribution is -0.302. The molecular weight excluding hydrogens is 1440 g/mol. The van der Waals surface area contributed by atoms with Gasteiger partial charge in [0.05, 0.1) is 61.0 Å². The maximum absolute atomic E-state index is 14.3. The Bertz CT molecular complexity index is 3070. The third-order valence-electron chi connectivity index (χ3n) is 25.8. The molecule has 0 aromatic heterocycles. The molecule has 26 heteroatoms. The van der Waals surface area contributed by atoms with Gasteiger partial charge in [-0.3, -0.25) is 28.8 Å². The number of amides is 2. The van der Waals surface area contributed by atoms with Crippen LogP contribution in [0.25, 0.3) is 0 Å². The van der Waals surface area contributed by atoms with Crippen molar-refractivity contribution in [3.63, 3.8) is 0 Å². The number of Topliss-reactive ketones (excluding diaryl/α,β-unsaturated/α-hetero) is 4. The predicted octanol–water partition coefficient (Wildman–Crippen LogP) is 8.95. The van der Waals surface area contributed by atoms with Crippen LogP contribution in [0.15, 0.2) is 46.6 Å². The Morgan fingerprint density at radius 3 is 1.11 bits per heavy atom. The minimum atomic E-state index is -2.50. The number of allylic oxidation sites excluding steroid dienone is 6. The van der Waals surface area contributed by atoms with Crippen LogP contribution in [0.1, 0.15) is 224 Å². The van der Waals surface area contributed by atoms with Gasteiger partial charge in [-0.25, -0.2) is 9.59 Å². The lowest BCUT2D eigenvalue weighted by Gasteiger charge is -2.47. The largest absolute Gasteiger partial charge is 0.456 e. The third-order valence-corrected chi connectivity index (χ3v) is 25.8. The first-order valence-electron chi connectivity index (χ1n) is 41.6. The summed E-state index contributed by atoms with van der Waals surface area (Å²) in [7, 11) is 9.25. The van der Waals surface area contributed by atoms with Crippen LogP contribution < -0.4 is 0 Å². The average molecular weight is 1580 g/mol. The molecule has 2 aliphatic carbocycles. The van der Waals surface area contributed by atoms with E-state index in [9.17, 15) is 69.0 Å². The van der Waals surface area contributed by atoms with Crippen LogP contribution in [-0.4, -0.2) is 252 Å². The molecule has 2 saturated carbocycles. The van der Waals surface area contributed by atoms with Crippen LogP contribution in [0.3, 0.4) is 0 Å². The summed E-state index contributed by atoms with van der Waals surface area (Å²) >= 11 is 0. The summed E-state index contributed by atoms with van der Waals surface area (Å²) in [4.78, 5) is 115. The van der Waals surface area contributed by atoms with Crippen LogP contribution in [0, 0.1) is 59.2 Å². The number of aliphatic hydroxyl groups is 6. The zero-order valence-corrected chi connectivity index (χ0v) is 70.2. The van der Waals surface area contributed by atoms with Crippen LogP contribution in [0.2, 0.25) is 0 Å². The SMILES string of the molecule is CC[C@@H]1/C=C(\C)C[C@H](C)C[C@H](OC)[C@H]2O[C@@](O)(C(=O)C(=O)N3CCCC[C@H]3C(=O)O[C@H](/C(C)=C/[C@@H]3CC[C@@H](O)[C@H](OC)C3)[C@H](C)[C@@H](O)CC1=O)[C@H](C)C[C@@H]2OC.CC[C@@H]1/C=C(\C)C[C@H](C)C[C@H](OC)[C@H]2O[C@@](O)(C(=O)C(=O)N3CCCC[C@H]3C(=O)O[C@H](/C(C)=C/[C@@H]3CC[C@@H](O)[C@H](OC)C3)[C@H](C)[C@@H](O)CC1=O)[C@H](C)C[C@@H]2OC. The van der Waals surface area contributed by atoms with E-state index in [1.165, 1.54) is 38.2 Å². The average Bonchev–Trinajstić information content (AvgIpc) is 0.780. The minimum absolute atomic E-state index is 0.000914. The Morgan fingerprint density at radius 1 is 0.455 bits per heavy atom. The molecule has 4 saturated heterocycles. The summed E-state index contributed by atoms with van der Waals surface area (Å²) < 4.78 is 59.5. The molecule has 6 fully saturated rings. The number of hydrogen-bond acceptors (Lipinski definition) is 24. The molecule has 8 rings (SSSR count). The minimum Gasteiger partial charge on any atom is -0.456 e. The number of nitrogens with zero attached hydrogens (tertiary/aromatic N) is 2. The van der Waals surface area contributed by atoms with Crippen molar-refractivity contribution in [3.8, 4) is 0 Å². The zero-order chi connectivity index (χ0) is 83.0. The van der Waals surface area contributed by atoms with Crippen LogP contribution in [0.5, 0.6) is 0 Å². The van der Waals surface area contributed by atoms with E-state index in [1.54, 1.807) is 41.9 Å². The van der Waals surface area contributed by atoms with E-state index in [2.05, 4.69) is 13.8 Å². The second-order valence-corrected chi connectivity index (χ2v) is 34.3. The number of fused-ring (bicyclic) bond motifs is 6. The number of carbonyl (C=O) groups excluding carboxylic acids is 8. The van der Waals surface area contributed by atoms with Crippen LogP contribution in [-0.2, 0) is 85.7 Å². The first-order valence-corrected chi connectivity index (χ1v) is 41.6. The molecule has 2 amide bonds. The molecule has 0 unspecified atom stereocenters. The van der Waals surface area contributed by atoms with Gasteiger partial charge in [0.2, 0.25) is 11.6 Å². The van der Waals surface area contributed by atoms with E-state index in [0.29, 0.717) is 114 Å². The van der Waals surface area contributed by atoms with Gasteiger partial charge in [-0.1, -0.05) is 90.8 Å². The Balaban J connectivity index is 0.000000311. The molecular formula is C86H138N2O24. The van der Waals surface area contributed by atoms with Crippen molar-refractivity contribution in [2.75, 3.05) is 55.7 Å². The molecule has 6 N–H and O–H groups in total. The van der Waals surface area contributed by atoms with Crippen LogP contribution in [0.4, 0.5) is 0 Å². The van der Waals surface area contributed by atoms with E-state index < -0.39 is 168 Å². The topological polar surface area (TPSA) is 357 Å². The first-order chi connectivity index (χ1) is 53.0. The predicted molar refractivity (Wildman–Crippen MR) is 416 cm³/mol. The van der Waals surface area contributed by atoms with Gasteiger partial charge in [-0.15, -0.1) is 0 Å². The van der Waals surface area contributed by atoms with Crippen molar-refractivity contribution in [3.05, 3.63) is 46.6 Å². The fraction of sp³-hybridized carbons (Fsp3) is 0.814. The van der Waals surface area contributed by atoms with Crippen molar-refractivity contribution in [2.45, 2.75) is 333 Å². The molecule has 0 radical (unpaired) electrons. The molecule has 26 nitrogen and oxygen atoms in total. The fourth-order valence-electron chi connectivity index (χ4n) is 18.8. The monoisotopic (exact) mass is 1580 g/mol. The molecule has 636 valence electrons. The number of aliphatic hydroxyl groups excluding tert-OH is 4. The van der Waals surface area contributed by atoms with Gasteiger partial charge in [0.25, 0.3) is 23.4 Å². The molecule has 8 aliphatic rings. The summed E-state index contributed by atoms with van der Waals surface area (Å²) in [6.07, 6.45) is 7.44. The Morgan fingerprint density at radius 2 is 0.786 bits per heavy atom. The van der Waals surface area contributed by atoms with E-state index in [-0.39, 0.29) is 99.1 Å². The second-order valence-electron chi connectivity index (χ2n) is 34.3. The van der Waals surface area contributed by atoms with E-state index >= 15 is 0 Å². The number of carbonyl (C=O) groups is 8. The summed E-state index contributed by atoms with van der Waals surface area (Å²) in [5.74, 6) is -15.0. The second kappa shape index (κ2) is 42.9. The Labute approximate surface area is 665 Å². The molecule has 6 heterocycles. The molecule has 6 aliphatic heterocycles. The number of rotatable bonds is 12. The highest BCUT2D eigenvalue weighted by Crippen LogP contribution is 2.43. The highest BCUT2D eigenvalue weighted by atomic mass is 16.7. The van der Waals surface area contributed by atoms with Crippen molar-refractivity contribution >= 4 is 46.9 Å². The Kier molecular flexibility index (Phi) is 36.0. The van der Waals surface area contributed by atoms with Crippen molar-refractivity contribution in [2.24, 2.45) is 59.2 Å². The number of esters is 2. The summed E-state index contributed by atoms with van der Waals surface area (Å²) in [6, 6.07) is -2.26. The van der Waals surface area contributed by atoms with Gasteiger partial charge >= 0.3 is 11.9 Å². The number of ketones is 4. The number of methoxy groups -OCH3 is 6. The lowest BCUT2D eigenvalue weighted by Crippen LogP contribution is -2.64. The molecule has 4 bridgehead atoms. The van der Waals surface area contributed by atoms with E-state index in [0.717, 1.165) is 11.1 Å². The fourth-order valence-corrected chi connectivity index (χ4v) is 18.8. The van der Waals surface area contributed by atoms with Gasteiger partial charge in [0.1, 0.15) is 48.1 Å². The molecule has 28 atom stereocenters. The molecule has 0 spiro atoms. The number of ether oxygens (including phenoxy) is 10. The maximum atomic E-state index is 14.3. The quantitative estimate of drug-likeness (QED) is 0.0603. The van der Waals surface area contributed by atoms with E-state index in [4.69, 9.17) is 47.4 Å². The van der Waals surface area contributed by atoms with Gasteiger partial charge in [0.15, 0.2) is 0 Å². The summed E-state index contributed by atoms with van der Waals surface area (Å²) in [6.45, 7) is 22.5. The van der Waals surface area contributed by atoms with Crippen molar-refractivity contribution < 1.29 is 116 Å². The maximum Gasteiger partial charge on any atom is 0.329 e. The highest BCUT2D eigenvalue weighted by Gasteiger charge is 2.59. The Hall–Kier alpha value is -5.04. The number of cyclic esters (lactones) is 2. The molecule has 0 aromatic rings. The number of piperidine rings is 2. The summed E-state index contributed by atoms with van der Waals surface area (Å²) in [5, 5.41) is 68.1. The van der Waals surface area contributed by atoms with Gasteiger partial charge in [0, 0.05) is 104 Å². The third kappa shape index (κ3) is 23.2. The zero-order valence-electron chi connectivity index (χ0n) is 70.2. The normalized spacial score (nSPS) is 41.6.